The number of hydrogen-bond donors (Lipinski definition) is 4. The lowest BCUT2D eigenvalue weighted by Crippen LogP contribution is -2.45. The molecule has 4 rings (SSSR count). The number of aryl methyl sites for hydroxylation is 1. The summed E-state index contributed by atoms with van der Waals surface area (Å²) in [6, 6.07) is 22.4. The molecular weight excluding hydrogens is 753 g/mol. The van der Waals surface area contributed by atoms with Crippen LogP contribution in [-0.4, -0.2) is 104 Å². The first-order valence-corrected chi connectivity index (χ1v) is 15.2. The zero-order valence-electron chi connectivity index (χ0n) is 27.9. The van der Waals surface area contributed by atoms with E-state index < -0.39 is 42.4 Å². The van der Waals surface area contributed by atoms with E-state index in [-0.39, 0.29) is 6.42 Å². The molecule has 4 N–H and O–H groups in total. The van der Waals surface area contributed by atoms with Crippen molar-refractivity contribution in [1.29, 1.82) is 0 Å². The fraction of sp³-hybridized carbons (Fsp3) is 0.364. The number of benzene rings is 2. The summed E-state index contributed by atoms with van der Waals surface area (Å²) in [6.07, 6.45) is -12.7. The first-order chi connectivity index (χ1) is 25.0. The van der Waals surface area contributed by atoms with Crippen molar-refractivity contribution in [2.75, 3.05) is 26.2 Å². The lowest BCUT2D eigenvalue weighted by atomic mass is 10.1. The summed E-state index contributed by atoms with van der Waals surface area (Å²) in [5.41, 5.74) is 4.60. The largest absolute Gasteiger partial charge is 0.490 e. The van der Waals surface area contributed by atoms with E-state index in [1.165, 1.54) is 5.56 Å². The number of aliphatic carboxylic acids is 4. The van der Waals surface area contributed by atoms with Gasteiger partial charge in [-0.15, -0.1) is 0 Å². The van der Waals surface area contributed by atoms with Crippen LogP contribution in [0.1, 0.15) is 28.8 Å². The highest BCUT2D eigenvalue weighted by atomic mass is 19.4. The molecule has 0 atom stereocenters. The molecule has 0 unspecified atom stereocenters. The van der Waals surface area contributed by atoms with Crippen LogP contribution >= 0.6 is 0 Å². The van der Waals surface area contributed by atoms with Crippen LogP contribution in [0.25, 0.3) is 0 Å². The number of hydrogen-bond acceptors (Lipinski definition) is 8. The lowest BCUT2D eigenvalue weighted by molar-refractivity contribution is -0.193. The molecule has 1 aliphatic rings. The number of carboxylic acids is 4. The summed E-state index contributed by atoms with van der Waals surface area (Å²) in [5.74, 6) is -8.25. The molecule has 1 aromatic heterocycles. The smallest absolute Gasteiger partial charge is 0.489 e. The van der Waals surface area contributed by atoms with E-state index in [0.717, 1.165) is 61.8 Å². The van der Waals surface area contributed by atoms with Crippen LogP contribution in [0, 0.1) is 0 Å². The Bertz CT molecular complexity index is 1540. The fourth-order valence-corrected chi connectivity index (χ4v) is 4.00. The minimum absolute atomic E-state index is 0.146. The maximum atomic E-state index is 10.7. The Labute approximate surface area is 301 Å². The molecule has 12 nitrogen and oxygen atoms in total. The Kier molecular flexibility index (Phi) is 18.9. The third-order valence-corrected chi connectivity index (χ3v) is 6.69. The number of carbonyl (C=O) groups is 4. The maximum absolute atomic E-state index is 10.7. The van der Waals surface area contributed by atoms with Crippen molar-refractivity contribution in [3.63, 3.8) is 0 Å². The highest BCUT2D eigenvalue weighted by Gasteiger charge is 2.39. The van der Waals surface area contributed by atoms with Crippen molar-refractivity contribution in [1.82, 2.24) is 14.8 Å². The molecule has 0 amide bonds. The average Bonchev–Trinajstić information content (AvgIpc) is 3.08. The monoisotopic (exact) mass is 787 g/mol. The minimum atomic E-state index is -5.08. The van der Waals surface area contributed by atoms with Crippen LogP contribution in [0.3, 0.4) is 0 Å². The summed E-state index contributed by atoms with van der Waals surface area (Å²) in [4.78, 5) is 46.8. The van der Waals surface area contributed by atoms with E-state index in [2.05, 4.69) is 45.1 Å². The van der Waals surface area contributed by atoms with Gasteiger partial charge >= 0.3 is 42.4 Å². The molecule has 0 saturated carbocycles. The van der Waals surface area contributed by atoms with Crippen molar-refractivity contribution in [2.45, 2.75) is 51.1 Å². The zero-order valence-corrected chi connectivity index (χ0v) is 27.9. The first kappa shape index (κ1) is 46.6. The number of alkyl halides is 9. The Balaban J connectivity index is 0.000000566. The normalized spacial score (nSPS) is 13.4. The highest BCUT2D eigenvalue weighted by molar-refractivity contribution is 5.73. The maximum Gasteiger partial charge on any atom is 0.490 e. The van der Waals surface area contributed by atoms with Crippen LogP contribution in [0.2, 0.25) is 0 Å². The molecule has 298 valence electrons. The Morgan fingerprint density at radius 1 is 0.593 bits per heavy atom. The molecule has 0 bridgehead atoms. The van der Waals surface area contributed by atoms with E-state index in [1.807, 2.05) is 42.6 Å². The molecule has 0 aliphatic carbocycles. The number of ether oxygens (including phenoxy) is 1. The van der Waals surface area contributed by atoms with Gasteiger partial charge in [-0.05, 0) is 47.4 Å². The molecule has 1 fully saturated rings. The van der Waals surface area contributed by atoms with Crippen molar-refractivity contribution < 1.29 is 83.9 Å². The second kappa shape index (κ2) is 21.9. The second-order valence-electron chi connectivity index (χ2n) is 10.9. The number of pyridine rings is 1. The van der Waals surface area contributed by atoms with Crippen molar-refractivity contribution in [2.24, 2.45) is 0 Å². The van der Waals surface area contributed by atoms with Crippen LogP contribution in [0.4, 0.5) is 39.5 Å². The summed E-state index contributed by atoms with van der Waals surface area (Å²) >= 11 is 0. The number of halogens is 9. The second-order valence-corrected chi connectivity index (χ2v) is 10.9. The number of aromatic nitrogens is 1. The van der Waals surface area contributed by atoms with E-state index in [1.54, 1.807) is 0 Å². The van der Waals surface area contributed by atoms with Crippen LogP contribution in [-0.2, 0) is 45.3 Å². The molecule has 0 radical (unpaired) electrons. The number of piperazine rings is 1. The lowest BCUT2D eigenvalue weighted by Gasteiger charge is -2.34. The Morgan fingerprint density at radius 2 is 1.00 bits per heavy atom. The van der Waals surface area contributed by atoms with Gasteiger partial charge in [-0.25, -0.2) is 14.4 Å². The molecule has 54 heavy (non-hydrogen) atoms. The minimum Gasteiger partial charge on any atom is -0.489 e. The number of rotatable bonds is 10. The van der Waals surface area contributed by atoms with Gasteiger partial charge in [0.15, 0.2) is 0 Å². The van der Waals surface area contributed by atoms with Gasteiger partial charge in [0.1, 0.15) is 12.4 Å². The number of carboxylic acid groups (broad SMARTS) is 4. The summed E-state index contributed by atoms with van der Waals surface area (Å²) in [6.45, 7) is 6.68. The van der Waals surface area contributed by atoms with Gasteiger partial charge in [-0.3, -0.25) is 19.6 Å². The van der Waals surface area contributed by atoms with Crippen LogP contribution < -0.4 is 4.74 Å². The van der Waals surface area contributed by atoms with Crippen LogP contribution in [0.15, 0.2) is 72.9 Å². The number of nitrogens with zero attached hydrogens (tertiary/aromatic N) is 3. The Morgan fingerprint density at radius 3 is 1.39 bits per heavy atom. The van der Waals surface area contributed by atoms with Crippen molar-refractivity contribution in [3.8, 4) is 5.75 Å². The summed E-state index contributed by atoms with van der Waals surface area (Å²) in [5, 5.41) is 30.2. The quantitative estimate of drug-likeness (QED) is 0.179. The molecule has 3 aromatic rings. The third-order valence-electron chi connectivity index (χ3n) is 6.69. The van der Waals surface area contributed by atoms with E-state index in [0.29, 0.717) is 13.0 Å². The van der Waals surface area contributed by atoms with E-state index in [4.69, 9.17) is 39.5 Å². The highest BCUT2D eigenvalue weighted by Crippen LogP contribution is 2.18. The molecule has 1 saturated heterocycles. The van der Waals surface area contributed by atoms with Gasteiger partial charge in [0.05, 0.1) is 5.69 Å². The van der Waals surface area contributed by atoms with Crippen molar-refractivity contribution in [3.05, 3.63) is 95.3 Å². The topological polar surface area (TPSA) is 178 Å². The van der Waals surface area contributed by atoms with Gasteiger partial charge in [0.25, 0.3) is 0 Å². The Hall–Kier alpha value is -5.44. The van der Waals surface area contributed by atoms with Gasteiger partial charge in [-0.1, -0.05) is 42.5 Å². The molecule has 2 heterocycles. The predicted molar refractivity (Wildman–Crippen MR) is 169 cm³/mol. The summed E-state index contributed by atoms with van der Waals surface area (Å²) in [7, 11) is 0. The van der Waals surface area contributed by atoms with Gasteiger partial charge < -0.3 is 25.2 Å². The molecule has 1 aliphatic heterocycles. The molecule has 21 heteroatoms. The van der Waals surface area contributed by atoms with Crippen LogP contribution in [0.5, 0.6) is 5.75 Å². The molecular formula is C33H34F9N3O9. The molecule has 0 spiro atoms. The van der Waals surface area contributed by atoms with E-state index in [9.17, 15) is 44.3 Å². The summed E-state index contributed by atoms with van der Waals surface area (Å²) < 4.78 is 101. The van der Waals surface area contributed by atoms with Crippen molar-refractivity contribution >= 4 is 23.9 Å². The predicted octanol–water partition coefficient (Wildman–Crippen LogP) is 5.90. The van der Waals surface area contributed by atoms with E-state index >= 15 is 0 Å². The fourth-order valence-electron chi connectivity index (χ4n) is 4.00. The zero-order chi connectivity index (χ0) is 41.1. The third kappa shape index (κ3) is 20.6. The average molecular weight is 788 g/mol. The molecule has 2 aromatic carbocycles. The first-order valence-electron chi connectivity index (χ1n) is 15.2. The van der Waals surface area contributed by atoms with Gasteiger partial charge in [0, 0.05) is 51.9 Å². The van der Waals surface area contributed by atoms with Gasteiger partial charge in [0.2, 0.25) is 0 Å². The van der Waals surface area contributed by atoms with Gasteiger partial charge in [-0.2, -0.15) is 39.5 Å². The SMILES string of the molecule is O=C(O)C(F)(F)F.O=C(O)C(F)(F)F.O=C(O)C(F)(F)F.O=C(O)CCc1ccc(OCc2ccc(CN3CCN(Cc4ccccn4)CC3)cc2)cc1. The standard InChI is InChI=1S/C27H31N3O3.3C2HF3O2/c31-27(32)13-10-22-8-11-26(12-9-22)33-21-24-6-4-23(5-7-24)19-29-15-17-30(18-16-29)20-25-3-1-2-14-28-25;3*3-2(4,5)1(6)7/h1-9,11-12,14H,10,13,15-21H2,(H,31,32);3*(H,6,7).